The Morgan fingerprint density at radius 3 is 2.71 bits per heavy atom. The number of amides is 1. The molecule has 21 heavy (non-hydrogen) atoms. The highest BCUT2D eigenvalue weighted by molar-refractivity contribution is 5.92. The monoisotopic (exact) mass is 293 g/mol. The van der Waals surface area contributed by atoms with Crippen LogP contribution in [-0.4, -0.2) is 16.9 Å². The van der Waals surface area contributed by atoms with Crippen LogP contribution in [-0.2, 0) is 0 Å². The number of rotatable bonds is 5. The third-order valence-electron chi connectivity index (χ3n) is 4.15. The highest BCUT2D eigenvalue weighted by Crippen LogP contribution is 2.24. The average molecular weight is 293 g/mol. The number of hydrogen-bond acceptors (Lipinski definition) is 4. The van der Waals surface area contributed by atoms with Crippen molar-refractivity contribution in [3.05, 3.63) is 17.8 Å². The molecule has 1 unspecified atom stereocenters. The van der Waals surface area contributed by atoms with Crippen molar-refractivity contribution in [1.82, 2.24) is 10.3 Å². The molecule has 1 heterocycles. The first-order valence-electron chi connectivity index (χ1n) is 7.97. The molecule has 1 atom stereocenters. The minimum atomic E-state index is -0.248. The molecule has 2 rings (SSSR count). The normalized spacial score (nSPS) is 24.0. The number of nitrogens with two attached hydrogens (primary N) is 1. The van der Waals surface area contributed by atoms with Crippen LogP contribution in [0.15, 0.2) is 10.7 Å². The lowest BCUT2D eigenvalue weighted by molar-refractivity contribution is 0.0918. The summed E-state index contributed by atoms with van der Waals surface area (Å²) in [5.74, 6) is 1.53. The number of aromatic nitrogens is 1. The summed E-state index contributed by atoms with van der Waals surface area (Å²) in [5, 5.41) is 3.05. The molecule has 0 saturated heterocycles. The molecule has 1 aromatic heterocycles. The van der Waals surface area contributed by atoms with Crippen molar-refractivity contribution in [2.45, 2.75) is 65.0 Å². The maximum atomic E-state index is 12.2. The van der Waals surface area contributed by atoms with E-state index in [1.807, 2.05) is 0 Å². The lowest BCUT2D eigenvalue weighted by atomic mass is 9.87. The van der Waals surface area contributed by atoms with Gasteiger partial charge in [0.2, 0.25) is 5.89 Å². The molecule has 118 valence electrons. The Kier molecular flexibility index (Phi) is 5.39. The van der Waals surface area contributed by atoms with Gasteiger partial charge in [-0.25, -0.2) is 4.98 Å². The Labute approximate surface area is 126 Å². The van der Waals surface area contributed by atoms with Crippen LogP contribution < -0.4 is 11.1 Å². The highest BCUT2D eigenvalue weighted by Gasteiger charge is 2.23. The van der Waals surface area contributed by atoms with Crippen molar-refractivity contribution in [2.75, 3.05) is 0 Å². The van der Waals surface area contributed by atoms with E-state index < -0.39 is 0 Å². The summed E-state index contributed by atoms with van der Waals surface area (Å²) in [6, 6.07) is 0.0141. The minimum Gasteiger partial charge on any atom is -0.446 e. The van der Waals surface area contributed by atoms with Gasteiger partial charge in [-0.05, 0) is 43.9 Å². The molecule has 1 aliphatic rings. The third-order valence-corrected chi connectivity index (χ3v) is 4.15. The van der Waals surface area contributed by atoms with E-state index in [-0.39, 0.29) is 18.0 Å². The summed E-state index contributed by atoms with van der Waals surface area (Å²) in [4.78, 5) is 16.4. The molecule has 0 spiro atoms. The molecule has 1 saturated carbocycles. The zero-order valence-electron chi connectivity index (χ0n) is 13.3. The molecule has 0 bridgehead atoms. The average Bonchev–Trinajstić information content (AvgIpc) is 2.90. The van der Waals surface area contributed by atoms with Crippen molar-refractivity contribution in [3.8, 4) is 0 Å². The Balaban J connectivity index is 1.89. The van der Waals surface area contributed by atoms with Crippen molar-refractivity contribution in [3.63, 3.8) is 0 Å². The van der Waals surface area contributed by atoms with E-state index >= 15 is 0 Å². The van der Waals surface area contributed by atoms with Gasteiger partial charge in [-0.1, -0.05) is 20.8 Å². The second-order valence-electron chi connectivity index (χ2n) is 6.74. The molecule has 0 aromatic carbocycles. The first-order valence-corrected chi connectivity index (χ1v) is 7.97. The van der Waals surface area contributed by atoms with Crippen LogP contribution in [0.3, 0.4) is 0 Å². The summed E-state index contributed by atoms with van der Waals surface area (Å²) >= 11 is 0. The van der Waals surface area contributed by atoms with Crippen LogP contribution in [0.1, 0.15) is 75.3 Å². The van der Waals surface area contributed by atoms with Gasteiger partial charge in [-0.2, -0.15) is 0 Å². The molecule has 0 aliphatic heterocycles. The standard InChI is InChI=1S/C16H27N3O2/c1-10(2)8-13(17)16-19-14(9-21-16)15(20)18-12-6-4-11(3)5-7-12/h9-13H,4-8,17H2,1-3H3,(H,18,20). The van der Waals surface area contributed by atoms with Crippen molar-refractivity contribution >= 4 is 5.91 Å². The van der Waals surface area contributed by atoms with E-state index in [4.69, 9.17) is 10.2 Å². The van der Waals surface area contributed by atoms with Crippen LogP contribution in [0.2, 0.25) is 0 Å². The van der Waals surface area contributed by atoms with E-state index in [9.17, 15) is 4.79 Å². The maximum Gasteiger partial charge on any atom is 0.273 e. The topological polar surface area (TPSA) is 81.1 Å². The van der Waals surface area contributed by atoms with Gasteiger partial charge in [-0.3, -0.25) is 4.79 Å². The molecule has 1 amide bonds. The Morgan fingerprint density at radius 2 is 2.10 bits per heavy atom. The number of oxazole rings is 1. The molecule has 3 N–H and O–H groups in total. The fourth-order valence-electron chi connectivity index (χ4n) is 2.83. The Hall–Kier alpha value is -1.36. The summed E-state index contributed by atoms with van der Waals surface area (Å²) in [7, 11) is 0. The first kappa shape index (κ1) is 16.0. The van der Waals surface area contributed by atoms with Crippen molar-refractivity contribution in [2.24, 2.45) is 17.6 Å². The fourth-order valence-corrected chi connectivity index (χ4v) is 2.83. The maximum absolute atomic E-state index is 12.2. The van der Waals surface area contributed by atoms with Crippen LogP contribution in [0.4, 0.5) is 0 Å². The smallest absolute Gasteiger partial charge is 0.273 e. The van der Waals surface area contributed by atoms with Crippen LogP contribution in [0.5, 0.6) is 0 Å². The predicted octanol–water partition coefficient (Wildman–Crippen LogP) is 3.03. The first-order chi connectivity index (χ1) is 9.95. The van der Waals surface area contributed by atoms with Gasteiger partial charge in [0.15, 0.2) is 5.69 Å². The van der Waals surface area contributed by atoms with E-state index in [1.54, 1.807) is 0 Å². The molecule has 1 aromatic rings. The third kappa shape index (κ3) is 4.56. The molecule has 1 fully saturated rings. The van der Waals surface area contributed by atoms with Crippen LogP contribution >= 0.6 is 0 Å². The van der Waals surface area contributed by atoms with Gasteiger partial charge in [0.05, 0.1) is 6.04 Å². The van der Waals surface area contributed by atoms with Crippen LogP contribution in [0.25, 0.3) is 0 Å². The van der Waals surface area contributed by atoms with Gasteiger partial charge in [0, 0.05) is 6.04 Å². The number of nitrogens with one attached hydrogen (secondary N) is 1. The van der Waals surface area contributed by atoms with Crippen LogP contribution in [0, 0.1) is 11.8 Å². The highest BCUT2D eigenvalue weighted by atomic mass is 16.3. The van der Waals surface area contributed by atoms with Gasteiger partial charge in [0.25, 0.3) is 5.91 Å². The quantitative estimate of drug-likeness (QED) is 0.874. The lowest BCUT2D eigenvalue weighted by Gasteiger charge is -2.26. The molecule has 5 nitrogen and oxygen atoms in total. The van der Waals surface area contributed by atoms with E-state index in [1.165, 1.54) is 19.1 Å². The summed E-state index contributed by atoms with van der Waals surface area (Å²) < 4.78 is 5.36. The largest absolute Gasteiger partial charge is 0.446 e. The van der Waals surface area contributed by atoms with E-state index in [0.717, 1.165) is 25.2 Å². The second-order valence-corrected chi connectivity index (χ2v) is 6.74. The number of hydrogen-bond donors (Lipinski definition) is 2. The van der Waals surface area contributed by atoms with Crippen molar-refractivity contribution in [1.29, 1.82) is 0 Å². The van der Waals surface area contributed by atoms with Gasteiger partial charge < -0.3 is 15.5 Å². The fraction of sp³-hybridized carbons (Fsp3) is 0.750. The van der Waals surface area contributed by atoms with Gasteiger partial charge >= 0.3 is 0 Å². The van der Waals surface area contributed by atoms with Gasteiger partial charge in [0.1, 0.15) is 6.26 Å². The SMILES string of the molecule is CC(C)CC(N)c1nc(C(=O)NC2CCC(C)CC2)co1. The lowest BCUT2D eigenvalue weighted by Crippen LogP contribution is -2.37. The molecule has 0 radical (unpaired) electrons. The van der Waals surface area contributed by atoms with Gasteiger partial charge in [-0.15, -0.1) is 0 Å². The number of carbonyl (C=O) groups is 1. The molecular weight excluding hydrogens is 266 g/mol. The Bertz CT molecular complexity index is 462. The minimum absolute atomic E-state index is 0.152. The molecular formula is C16H27N3O2. The predicted molar refractivity (Wildman–Crippen MR) is 81.8 cm³/mol. The van der Waals surface area contributed by atoms with E-state index in [0.29, 0.717) is 17.5 Å². The van der Waals surface area contributed by atoms with E-state index in [2.05, 4.69) is 31.1 Å². The zero-order chi connectivity index (χ0) is 15.4. The summed E-state index contributed by atoms with van der Waals surface area (Å²) in [6.07, 6.45) is 6.65. The summed E-state index contributed by atoms with van der Waals surface area (Å²) in [6.45, 7) is 6.46. The molecule has 1 aliphatic carbocycles. The zero-order valence-corrected chi connectivity index (χ0v) is 13.3. The Morgan fingerprint density at radius 1 is 1.43 bits per heavy atom. The summed E-state index contributed by atoms with van der Waals surface area (Å²) in [5.41, 5.74) is 6.36. The number of carbonyl (C=O) groups excluding carboxylic acids is 1. The van der Waals surface area contributed by atoms with Crippen molar-refractivity contribution < 1.29 is 9.21 Å². The molecule has 5 heteroatoms. The number of nitrogens with zero attached hydrogens (tertiary/aromatic N) is 1. The second kappa shape index (κ2) is 7.07.